The smallest absolute Gasteiger partial charge is 0.319 e. The normalized spacial score (nSPS) is 12.3. The molecule has 0 saturated carbocycles. The van der Waals surface area contributed by atoms with Crippen LogP contribution in [0, 0.1) is 0 Å². The van der Waals surface area contributed by atoms with E-state index in [0.29, 0.717) is 18.4 Å². The molecule has 170 valence electrons. The van der Waals surface area contributed by atoms with E-state index in [0.717, 1.165) is 33.4 Å². The van der Waals surface area contributed by atoms with Gasteiger partial charge in [0.2, 0.25) is 0 Å². The van der Waals surface area contributed by atoms with E-state index in [-0.39, 0.29) is 12.1 Å². The first kappa shape index (κ1) is 22.6. The Kier molecular flexibility index (Phi) is 6.78. The maximum absolute atomic E-state index is 13.1. The Morgan fingerprint density at radius 3 is 2.24 bits per heavy atom. The Labute approximate surface area is 195 Å². The minimum atomic E-state index is -0.199. The van der Waals surface area contributed by atoms with Crippen LogP contribution in [0.1, 0.15) is 62.3 Å². The van der Waals surface area contributed by atoms with Crippen LogP contribution in [0.2, 0.25) is 0 Å². The highest BCUT2D eigenvalue weighted by Gasteiger charge is 2.19. The molecule has 0 fully saturated rings. The van der Waals surface area contributed by atoms with Gasteiger partial charge in [-0.25, -0.2) is 9.78 Å². The van der Waals surface area contributed by atoms with Gasteiger partial charge in [0.15, 0.2) is 0 Å². The van der Waals surface area contributed by atoms with Crippen molar-refractivity contribution in [1.82, 2.24) is 14.9 Å². The maximum atomic E-state index is 13.1. The second kappa shape index (κ2) is 9.90. The van der Waals surface area contributed by atoms with Gasteiger partial charge < -0.3 is 15.2 Å². The van der Waals surface area contributed by atoms with Crippen LogP contribution in [0.3, 0.4) is 0 Å². The van der Waals surface area contributed by atoms with Gasteiger partial charge in [-0.3, -0.25) is 0 Å². The monoisotopic (exact) mass is 440 g/mol. The van der Waals surface area contributed by atoms with Gasteiger partial charge in [-0.1, -0.05) is 76.2 Å². The summed E-state index contributed by atoms with van der Waals surface area (Å²) in [5, 5.41) is 7.35. The van der Waals surface area contributed by atoms with E-state index in [4.69, 9.17) is 0 Å². The second-order valence-corrected chi connectivity index (χ2v) is 9.02. The summed E-state index contributed by atoms with van der Waals surface area (Å²) < 4.78 is 2.13. The van der Waals surface area contributed by atoms with E-state index >= 15 is 0 Å². The number of urea groups is 1. The van der Waals surface area contributed by atoms with Gasteiger partial charge in [-0.15, -0.1) is 0 Å². The van der Waals surface area contributed by atoms with Crippen LogP contribution < -0.4 is 10.6 Å². The molecule has 2 amide bonds. The lowest BCUT2D eigenvalue weighted by atomic mass is 9.93. The number of fused-ring (bicyclic) bond motifs is 1. The molecule has 1 atom stereocenters. The molecule has 33 heavy (non-hydrogen) atoms. The first-order chi connectivity index (χ1) is 16.0. The van der Waals surface area contributed by atoms with Gasteiger partial charge in [0.25, 0.3) is 0 Å². The number of amides is 2. The minimum Gasteiger partial charge on any atom is -0.335 e. The summed E-state index contributed by atoms with van der Waals surface area (Å²) in [5.41, 5.74) is 5.24. The molecule has 0 aliphatic heterocycles. The molecular weight excluding hydrogens is 408 g/mol. The SMILES string of the molecule is CC(C)c1cccc(C(C)C)c1NC(=O)NCC(c1ccccc1)n1ccc2cccnc21. The molecule has 4 aromatic rings. The fourth-order valence-corrected chi connectivity index (χ4v) is 4.33. The third-order valence-corrected chi connectivity index (χ3v) is 6.06. The summed E-state index contributed by atoms with van der Waals surface area (Å²) in [6.07, 6.45) is 3.84. The molecule has 0 saturated heterocycles. The maximum Gasteiger partial charge on any atom is 0.319 e. The van der Waals surface area contributed by atoms with Crippen LogP contribution in [-0.4, -0.2) is 22.1 Å². The Bertz CT molecular complexity index is 1200. The van der Waals surface area contributed by atoms with Gasteiger partial charge >= 0.3 is 6.03 Å². The van der Waals surface area contributed by atoms with Crippen molar-refractivity contribution in [2.75, 3.05) is 11.9 Å². The lowest BCUT2D eigenvalue weighted by Gasteiger charge is -2.23. The molecule has 4 rings (SSSR count). The number of hydrogen-bond acceptors (Lipinski definition) is 2. The summed E-state index contributed by atoms with van der Waals surface area (Å²) in [6.45, 7) is 9.05. The average Bonchev–Trinajstić information content (AvgIpc) is 3.24. The average molecular weight is 441 g/mol. The van der Waals surface area contributed by atoms with Crippen molar-refractivity contribution >= 4 is 22.8 Å². The zero-order valence-corrected chi connectivity index (χ0v) is 19.7. The van der Waals surface area contributed by atoms with E-state index in [1.54, 1.807) is 6.20 Å². The Morgan fingerprint density at radius 2 is 1.58 bits per heavy atom. The molecule has 1 unspecified atom stereocenters. The highest BCUT2D eigenvalue weighted by molar-refractivity contribution is 5.91. The highest BCUT2D eigenvalue weighted by Crippen LogP contribution is 2.32. The second-order valence-electron chi connectivity index (χ2n) is 9.02. The first-order valence-corrected chi connectivity index (χ1v) is 11.6. The molecule has 0 spiro atoms. The number of carbonyl (C=O) groups is 1. The van der Waals surface area contributed by atoms with Crippen molar-refractivity contribution < 1.29 is 4.79 Å². The zero-order valence-electron chi connectivity index (χ0n) is 19.7. The number of hydrogen-bond donors (Lipinski definition) is 2. The molecule has 5 nitrogen and oxygen atoms in total. The van der Waals surface area contributed by atoms with Gasteiger partial charge in [-0.2, -0.15) is 0 Å². The Balaban J connectivity index is 1.59. The number of aromatic nitrogens is 2. The molecule has 0 aliphatic carbocycles. The van der Waals surface area contributed by atoms with E-state index in [1.807, 2.05) is 30.5 Å². The minimum absolute atomic E-state index is 0.0748. The van der Waals surface area contributed by atoms with E-state index < -0.39 is 0 Å². The Hall–Kier alpha value is -3.60. The van der Waals surface area contributed by atoms with Gasteiger partial charge in [0, 0.05) is 30.0 Å². The van der Waals surface area contributed by atoms with E-state index in [2.05, 4.69) is 90.3 Å². The van der Waals surface area contributed by atoms with E-state index in [9.17, 15) is 4.79 Å². The molecule has 2 aromatic heterocycles. The molecule has 2 heterocycles. The molecule has 0 bridgehead atoms. The number of para-hydroxylation sites is 1. The summed E-state index contributed by atoms with van der Waals surface area (Å²) in [7, 11) is 0. The fourth-order valence-electron chi connectivity index (χ4n) is 4.33. The molecule has 0 radical (unpaired) electrons. The van der Waals surface area contributed by atoms with Crippen molar-refractivity contribution in [2.24, 2.45) is 0 Å². The molecule has 2 aromatic carbocycles. The van der Waals surface area contributed by atoms with Crippen LogP contribution in [0.25, 0.3) is 11.0 Å². The number of carbonyl (C=O) groups excluding carboxylic acids is 1. The predicted molar refractivity (Wildman–Crippen MR) is 136 cm³/mol. The Morgan fingerprint density at radius 1 is 0.879 bits per heavy atom. The van der Waals surface area contributed by atoms with Crippen molar-refractivity contribution in [3.63, 3.8) is 0 Å². The molecule has 0 aliphatic rings. The van der Waals surface area contributed by atoms with Gasteiger partial charge in [-0.05, 0) is 46.7 Å². The molecular formula is C28H32N4O. The van der Waals surface area contributed by atoms with Crippen molar-refractivity contribution in [3.8, 4) is 0 Å². The topological polar surface area (TPSA) is 59.0 Å². The van der Waals surface area contributed by atoms with E-state index in [1.165, 1.54) is 0 Å². The van der Waals surface area contributed by atoms with Crippen LogP contribution in [0.15, 0.2) is 79.1 Å². The number of anilines is 1. The number of nitrogens with one attached hydrogen (secondary N) is 2. The standard InChI is InChI=1S/C28H32N4O/c1-19(2)23-13-8-14-24(20(3)4)26(23)31-28(33)30-18-25(21-10-6-5-7-11-21)32-17-15-22-12-9-16-29-27(22)32/h5-17,19-20,25H,18H2,1-4H3,(H2,30,31,33). The summed E-state index contributed by atoms with van der Waals surface area (Å²) in [6, 6.07) is 22.3. The van der Waals surface area contributed by atoms with Gasteiger partial charge in [0.1, 0.15) is 5.65 Å². The first-order valence-electron chi connectivity index (χ1n) is 11.6. The third-order valence-electron chi connectivity index (χ3n) is 6.06. The largest absolute Gasteiger partial charge is 0.335 e. The van der Waals surface area contributed by atoms with Crippen molar-refractivity contribution in [2.45, 2.75) is 45.6 Å². The van der Waals surface area contributed by atoms with Crippen LogP contribution in [-0.2, 0) is 0 Å². The lowest BCUT2D eigenvalue weighted by Crippen LogP contribution is -2.35. The summed E-state index contributed by atoms with van der Waals surface area (Å²) >= 11 is 0. The van der Waals surface area contributed by atoms with Crippen LogP contribution in [0.5, 0.6) is 0 Å². The van der Waals surface area contributed by atoms with Crippen LogP contribution in [0.4, 0.5) is 10.5 Å². The number of pyridine rings is 1. The third kappa shape index (κ3) is 4.92. The molecule has 2 N–H and O–H groups in total. The summed E-state index contributed by atoms with van der Waals surface area (Å²) in [4.78, 5) is 17.7. The zero-order chi connectivity index (χ0) is 23.4. The number of benzene rings is 2. The number of nitrogens with zero attached hydrogens (tertiary/aromatic N) is 2. The molecule has 5 heteroatoms. The van der Waals surface area contributed by atoms with Crippen molar-refractivity contribution in [3.05, 3.63) is 95.8 Å². The van der Waals surface area contributed by atoms with Gasteiger partial charge in [0.05, 0.1) is 6.04 Å². The summed E-state index contributed by atoms with van der Waals surface area (Å²) in [5.74, 6) is 0.627. The quantitative estimate of drug-likeness (QED) is 0.336. The van der Waals surface area contributed by atoms with Crippen molar-refractivity contribution in [1.29, 1.82) is 0 Å². The highest BCUT2D eigenvalue weighted by atomic mass is 16.2. The fraction of sp³-hybridized carbons (Fsp3) is 0.286. The van der Waals surface area contributed by atoms with Crippen LogP contribution >= 0.6 is 0 Å². The predicted octanol–water partition coefficient (Wildman–Crippen LogP) is 6.69. The lowest BCUT2D eigenvalue weighted by molar-refractivity contribution is 0.251. The number of rotatable bonds is 7.